The Kier molecular flexibility index (Phi) is 4.28. The fourth-order valence-corrected chi connectivity index (χ4v) is 2.54. The van der Waals surface area contributed by atoms with Crippen molar-refractivity contribution in [2.75, 3.05) is 5.32 Å². The molecule has 118 valence electrons. The van der Waals surface area contributed by atoms with Gasteiger partial charge in [-0.1, -0.05) is 30.3 Å². The van der Waals surface area contributed by atoms with Crippen LogP contribution in [-0.4, -0.2) is 22.9 Å². The number of nitrogens with zero attached hydrogens (tertiary/aromatic N) is 1. The standard InChI is InChI=1S/C18H19N3O2/c19-18(23)20-15-8-6-14(7-9-15)17(22)21(16-10-11-16)12-13-4-2-1-3-5-13/h1-9,16H,10-12H2,(H3,19,20,23). The zero-order chi connectivity index (χ0) is 16.2. The monoisotopic (exact) mass is 309 g/mol. The van der Waals surface area contributed by atoms with E-state index in [0.29, 0.717) is 23.8 Å². The Morgan fingerprint density at radius 2 is 1.70 bits per heavy atom. The number of nitrogens with one attached hydrogen (secondary N) is 1. The van der Waals surface area contributed by atoms with Crippen LogP contribution in [0, 0.1) is 0 Å². The average Bonchev–Trinajstić information content (AvgIpc) is 3.38. The maximum Gasteiger partial charge on any atom is 0.316 e. The van der Waals surface area contributed by atoms with Crippen molar-refractivity contribution in [2.45, 2.75) is 25.4 Å². The van der Waals surface area contributed by atoms with Crippen LogP contribution in [-0.2, 0) is 6.54 Å². The molecule has 1 saturated carbocycles. The van der Waals surface area contributed by atoms with Gasteiger partial charge in [0.2, 0.25) is 0 Å². The third kappa shape index (κ3) is 3.88. The molecule has 5 heteroatoms. The first kappa shape index (κ1) is 15.1. The number of benzene rings is 2. The maximum atomic E-state index is 12.8. The molecule has 3 amide bonds. The molecule has 0 saturated heterocycles. The number of nitrogens with two attached hydrogens (primary N) is 1. The highest BCUT2D eigenvalue weighted by molar-refractivity contribution is 5.95. The summed E-state index contributed by atoms with van der Waals surface area (Å²) in [6.45, 7) is 0.617. The third-order valence-corrected chi connectivity index (χ3v) is 3.84. The normalized spacial score (nSPS) is 13.4. The quantitative estimate of drug-likeness (QED) is 0.891. The Morgan fingerprint density at radius 1 is 1.04 bits per heavy atom. The molecular weight excluding hydrogens is 290 g/mol. The topological polar surface area (TPSA) is 75.4 Å². The van der Waals surface area contributed by atoms with Crippen LogP contribution in [0.3, 0.4) is 0 Å². The molecule has 1 fully saturated rings. The van der Waals surface area contributed by atoms with Gasteiger partial charge in [0.25, 0.3) is 5.91 Å². The van der Waals surface area contributed by atoms with Crippen molar-refractivity contribution < 1.29 is 9.59 Å². The predicted molar refractivity (Wildman–Crippen MR) is 89.0 cm³/mol. The van der Waals surface area contributed by atoms with E-state index < -0.39 is 6.03 Å². The zero-order valence-corrected chi connectivity index (χ0v) is 12.7. The van der Waals surface area contributed by atoms with E-state index in [9.17, 15) is 9.59 Å². The maximum absolute atomic E-state index is 12.8. The Hall–Kier alpha value is -2.82. The summed E-state index contributed by atoms with van der Waals surface area (Å²) in [6, 6.07) is 16.5. The Balaban J connectivity index is 1.74. The molecule has 0 heterocycles. The molecule has 5 nitrogen and oxygen atoms in total. The summed E-state index contributed by atoms with van der Waals surface area (Å²) in [5.74, 6) is 0.0157. The molecule has 0 unspecified atom stereocenters. The Labute approximate surface area is 135 Å². The molecule has 2 aromatic carbocycles. The predicted octanol–water partition coefficient (Wildman–Crippen LogP) is 2.98. The van der Waals surface area contributed by atoms with Gasteiger partial charge in [-0.05, 0) is 42.7 Å². The lowest BCUT2D eigenvalue weighted by Gasteiger charge is -2.23. The second-order valence-electron chi connectivity index (χ2n) is 5.72. The summed E-state index contributed by atoms with van der Waals surface area (Å²) in [5, 5.41) is 2.49. The molecular formula is C18H19N3O2. The molecule has 2 aromatic rings. The third-order valence-electron chi connectivity index (χ3n) is 3.84. The highest BCUT2D eigenvalue weighted by Crippen LogP contribution is 2.30. The van der Waals surface area contributed by atoms with E-state index in [4.69, 9.17) is 5.73 Å². The van der Waals surface area contributed by atoms with Gasteiger partial charge in [0.1, 0.15) is 0 Å². The highest BCUT2D eigenvalue weighted by Gasteiger charge is 2.32. The Morgan fingerprint density at radius 3 is 2.26 bits per heavy atom. The number of rotatable bonds is 5. The summed E-state index contributed by atoms with van der Waals surface area (Å²) in [6.07, 6.45) is 2.11. The second kappa shape index (κ2) is 6.52. The first-order valence-electron chi connectivity index (χ1n) is 7.65. The number of carbonyl (C=O) groups is 2. The largest absolute Gasteiger partial charge is 0.351 e. The number of anilines is 1. The van der Waals surface area contributed by atoms with Gasteiger partial charge in [-0.25, -0.2) is 4.79 Å². The van der Waals surface area contributed by atoms with E-state index >= 15 is 0 Å². The molecule has 0 aliphatic heterocycles. The average molecular weight is 309 g/mol. The number of hydrogen-bond acceptors (Lipinski definition) is 2. The van der Waals surface area contributed by atoms with Crippen molar-refractivity contribution >= 4 is 17.6 Å². The van der Waals surface area contributed by atoms with Gasteiger partial charge < -0.3 is 16.0 Å². The van der Waals surface area contributed by atoms with Crippen LogP contribution in [0.5, 0.6) is 0 Å². The fraction of sp³-hybridized carbons (Fsp3) is 0.222. The van der Waals surface area contributed by atoms with Crippen LogP contribution < -0.4 is 11.1 Å². The summed E-state index contributed by atoms with van der Waals surface area (Å²) >= 11 is 0. The molecule has 1 aliphatic rings. The van der Waals surface area contributed by atoms with Gasteiger partial charge in [-0.3, -0.25) is 4.79 Å². The first-order chi connectivity index (χ1) is 11.1. The van der Waals surface area contributed by atoms with Crippen molar-refractivity contribution in [3.63, 3.8) is 0 Å². The molecule has 0 aromatic heterocycles. The lowest BCUT2D eigenvalue weighted by Crippen LogP contribution is -2.32. The van der Waals surface area contributed by atoms with E-state index in [2.05, 4.69) is 5.32 Å². The van der Waals surface area contributed by atoms with E-state index in [1.165, 1.54) is 0 Å². The number of urea groups is 1. The van der Waals surface area contributed by atoms with Gasteiger partial charge in [-0.2, -0.15) is 0 Å². The van der Waals surface area contributed by atoms with Crippen LogP contribution in [0.15, 0.2) is 54.6 Å². The molecule has 0 atom stereocenters. The fourth-order valence-electron chi connectivity index (χ4n) is 2.54. The van der Waals surface area contributed by atoms with Crippen LogP contribution in [0.1, 0.15) is 28.8 Å². The van der Waals surface area contributed by atoms with Crippen molar-refractivity contribution in [1.82, 2.24) is 4.90 Å². The van der Waals surface area contributed by atoms with Gasteiger partial charge in [0, 0.05) is 23.8 Å². The number of hydrogen-bond donors (Lipinski definition) is 2. The smallest absolute Gasteiger partial charge is 0.316 e. The van der Waals surface area contributed by atoms with Gasteiger partial charge in [0.15, 0.2) is 0 Å². The van der Waals surface area contributed by atoms with Gasteiger partial charge in [0.05, 0.1) is 0 Å². The first-order valence-corrected chi connectivity index (χ1v) is 7.65. The van der Waals surface area contributed by atoms with Crippen LogP contribution in [0.2, 0.25) is 0 Å². The van der Waals surface area contributed by atoms with Crippen LogP contribution >= 0.6 is 0 Å². The SMILES string of the molecule is NC(=O)Nc1ccc(C(=O)N(Cc2ccccc2)C2CC2)cc1. The molecule has 0 radical (unpaired) electrons. The molecule has 0 bridgehead atoms. The minimum atomic E-state index is -0.618. The van der Waals surface area contributed by atoms with Crippen molar-refractivity contribution in [3.05, 3.63) is 65.7 Å². The Bertz CT molecular complexity index is 694. The lowest BCUT2D eigenvalue weighted by atomic mass is 10.1. The lowest BCUT2D eigenvalue weighted by molar-refractivity contribution is 0.0730. The minimum absolute atomic E-state index is 0.0157. The van der Waals surface area contributed by atoms with Gasteiger partial charge in [-0.15, -0.1) is 0 Å². The van der Waals surface area contributed by atoms with Gasteiger partial charge >= 0.3 is 6.03 Å². The van der Waals surface area contributed by atoms with E-state index in [1.54, 1.807) is 24.3 Å². The van der Waals surface area contributed by atoms with Crippen LogP contribution in [0.25, 0.3) is 0 Å². The van der Waals surface area contributed by atoms with Crippen LogP contribution in [0.4, 0.5) is 10.5 Å². The van der Waals surface area contributed by atoms with E-state index in [-0.39, 0.29) is 5.91 Å². The summed E-state index contributed by atoms with van der Waals surface area (Å²) in [4.78, 5) is 25.5. The number of carbonyl (C=O) groups excluding carboxylic acids is 2. The summed E-state index contributed by atoms with van der Waals surface area (Å²) < 4.78 is 0. The molecule has 3 rings (SSSR count). The second-order valence-corrected chi connectivity index (χ2v) is 5.72. The molecule has 3 N–H and O–H groups in total. The van der Waals surface area contributed by atoms with Crippen molar-refractivity contribution in [1.29, 1.82) is 0 Å². The van der Waals surface area contributed by atoms with Crippen molar-refractivity contribution in [2.24, 2.45) is 5.73 Å². The molecule has 0 spiro atoms. The van der Waals surface area contributed by atoms with E-state index in [1.807, 2.05) is 35.2 Å². The number of amides is 3. The summed E-state index contributed by atoms with van der Waals surface area (Å²) in [5.41, 5.74) is 7.40. The summed E-state index contributed by atoms with van der Waals surface area (Å²) in [7, 11) is 0. The minimum Gasteiger partial charge on any atom is -0.351 e. The van der Waals surface area contributed by atoms with E-state index in [0.717, 1.165) is 18.4 Å². The molecule has 23 heavy (non-hydrogen) atoms. The number of primary amides is 1. The highest BCUT2D eigenvalue weighted by atomic mass is 16.2. The van der Waals surface area contributed by atoms with Crippen molar-refractivity contribution in [3.8, 4) is 0 Å². The zero-order valence-electron chi connectivity index (χ0n) is 12.7. The molecule has 1 aliphatic carbocycles.